The fourth-order valence-corrected chi connectivity index (χ4v) is 3.01. The number of thioether (sulfide) groups is 1. The second-order valence-corrected chi connectivity index (χ2v) is 7.00. The number of aliphatic carboxylic acids is 1. The van der Waals surface area contributed by atoms with Crippen molar-refractivity contribution in [1.29, 1.82) is 0 Å². The van der Waals surface area contributed by atoms with Gasteiger partial charge in [-0.1, -0.05) is 20.8 Å². The molecule has 6 nitrogen and oxygen atoms in total. The Kier molecular flexibility index (Phi) is 5.07. The molecule has 2 unspecified atom stereocenters. The first-order valence-electron chi connectivity index (χ1n) is 6.45. The lowest BCUT2D eigenvalue weighted by Gasteiger charge is -2.32. The molecule has 114 valence electrons. The number of hydrogen-bond donors (Lipinski definition) is 1. The van der Waals surface area contributed by atoms with E-state index in [9.17, 15) is 14.4 Å². The molecule has 2 atom stereocenters. The molecule has 20 heavy (non-hydrogen) atoms. The minimum atomic E-state index is -1.06. The number of carbonyl (C=O) groups is 3. The van der Waals surface area contributed by atoms with Crippen molar-refractivity contribution in [1.82, 2.24) is 9.80 Å². The van der Waals surface area contributed by atoms with Crippen LogP contribution < -0.4 is 0 Å². The quantitative estimate of drug-likeness (QED) is 0.837. The van der Waals surface area contributed by atoms with Crippen LogP contribution in [0.25, 0.3) is 0 Å². The van der Waals surface area contributed by atoms with Crippen LogP contribution >= 0.6 is 11.8 Å². The van der Waals surface area contributed by atoms with Crippen LogP contribution in [0.3, 0.4) is 0 Å². The van der Waals surface area contributed by atoms with E-state index in [0.29, 0.717) is 11.6 Å². The molecular formula is C13H22N2O4S. The SMILES string of the molecule is CC(C(=O)O)N(C)C(=O)C1CSCN1C(=O)C(C)(C)C. The second-order valence-electron chi connectivity index (χ2n) is 6.00. The molecule has 1 fully saturated rings. The van der Waals surface area contributed by atoms with Gasteiger partial charge in [0.15, 0.2) is 0 Å². The Labute approximate surface area is 123 Å². The molecule has 1 N–H and O–H groups in total. The van der Waals surface area contributed by atoms with Crippen molar-refractivity contribution < 1.29 is 19.5 Å². The average Bonchev–Trinajstić information content (AvgIpc) is 2.82. The van der Waals surface area contributed by atoms with Gasteiger partial charge in [0.1, 0.15) is 12.1 Å². The van der Waals surface area contributed by atoms with Crippen molar-refractivity contribution >= 4 is 29.5 Å². The normalized spacial score (nSPS) is 20.6. The maximum Gasteiger partial charge on any atom is 0.326 e. The van der Waals surface area contributed by atoms with E-state index in [2.05, 4.69) is 0 Å². The molecule has 7 heteroatoms. The highest BCUT2D eigenvalue weighted by Crippen LogP contribution is 2.28. The predicted octanol–water partition coefficient (Wildman–Crippen LogP) is 0.866. The standard InChI is InChI=1S/C13H22N2O4S/c1-8(11(17)18)14(5)10(16)9-6-20-7-15(9)12(19)13(2,3)4/h8-9H,6-7H2,1-5H3,(H,17,18). The molecular weight excluding hydrogens is 280 g/mol. The summed E-state index contributed by atoms with van der Waals surface area (Å²) < 4.78 is 0. The topological polar surface area (TPSA) is 77.9 Å². The third-order valence-corrected chi connectivity index (χ3v) is 4.37. The van der Waals surface area contributed by atoms with Gasteiger partial charge in [-0.05, 0) is 6.92 Å². The summed E-state index contributed by atoms with van der Waals surface area (Å²) in [4.78, 5) is 38.4. The van der Waals surface area contributed by atoms with Crippen LogP contribution in [-0.2, 0) is 14.4 Å². The highest BCUT2D eigenvalue weighted by Gasteiger charge is 2.41. The molecule has 1 aliphatic rings. The first-order chi connectivity index (χ1) is 9.07. The number of rotatable bonds is 3. The molecule has 0 spiro atoms. The number of nitrogens with zero attached hydrogens (tertiary/aromatic N) is 2. The zero-order valence-corrected chi connectivity index (χ0v) is 13.4. The van der Waals surface area contributed by atoms with Crippen molar-refractivity contribution in [2.24, 2.45) is 5.41 Å². The van der Waals surface area contributed by atoms with Gasteiger partial charge < -0.3 is 14.9 Å². The molecule has 0 aromatic heterocycles. The Morgan fingerprint density at radius 1 is 1.35 bits per heavy atom. The molecule has 1 heterocycles. The molecule has 2 amide bonds. The maximum absolute atomic E-state index is 12.4. The van der Waals surface area contributed by atoms with Crippen LogP contribution in [0, 0.1) is 5.41 Å². The molecule has 1 aliphatic heterocycles. The number of carboxylic acid groups (broad SMARTS) is 1. The van der Waals surface area contributed by atoms with Crippen LogP contribution in [-0.4, -0.2) is 63.5 Å². The van der Waals surface area contributed by atoms with Gasteiger partial charge in [-0.15, -0.1) is 11.8 Å². The van der Waals surface area contributed by atoms with Gasteiger partial charge in [0.05, 0.1) is 5.88 Å². The monoisotopic (exact) mass is 302 g/mol. The van der Waals surface area contributed by atoms with Gasteiger partial charge >= 0.3 is 5.97 Å². The largest absolute Gasteiger partial charge is 0.480 e. The average molecular weight is 302 g/mol. The summed E-state index contributed by atoms with van der Waals surface area (Å²) in [5.41, 5.74) is -0.555. The molecule has 0 saturated carbocycles. The predicted molar refractivity (Wildman–Crippen MR) is 77.3 cm³/mol. The third kappa shape index (κ3) is 3.45. The van der Waals surface area contributed by atoms with E-state index in [-0.39, 0.29) is 11.8 Å². The maximum atomic E-state index is 12.4. The lowest BCUT2D eigenvalue weighted by atomic mass is 9.94. The van der Waals surface area contributed by atoms with Gasteiger partial charge in [-0.2, -0.15) is 0 Å². The molecule has 0 aromatic carbocycles. The summed E-state index contributed by atoms with van der Waals surface area (Å²) in [6.45, 7) is 6.88. The lowest BCUT2D eigenvalue weighted by Crippen LogP contribution is -2.53. The molecule has 0 aromatic rings. The highest BCUT2D eigenvalue weighted by atomic mass is 32.2. The summed E-state index contributed by atoms with van der Waals surface area (Å²) in [5.74, 6) is -0.473. The number of amides is 2. The van der Waals surface area contributed by atoms with Crippen LogP contribution in [0.1, 0.15) is 27.7 Å². The third-order valence-electron chi connectivity index (χ3n) is 3.36. The minimum Gasteiger partial charge on any atom is -0.480 e. The smallest absolute Gasteiger partial charge is 0.326 e. The van der Waals surface area contributed by atoms with Gasteiger partial charge in [0, 0.05) is 18.2 Å². The fraction of sp³-hybridized carbons (Fsp3) is 0.769. The first kappa shape index (κ1) is 16.8. The van der Waals surface area contributed by atoms with Gasteiger partial charge in [0.25, 0.3) is 0 Å². The molecule has 0 bridgehead atoms. The summed E-state index contributed by atoms with van der Waals surface area (Å²) >= 11 is 1.51. The zero-order valence-electron chi connectivity index (χ0n) is 12.5. The van der Waals surface area contributed by atoms with E-state index in [1.54, 1.807) is 4.90 Å². The van der Waals surface area contributed by atoms with Gasteiger partial charge in [-0.25, -0.2) is 4.79 Å². The van der Waals surface area contributed by atoms with Crippen molar-refractivity contribution in [2.75, 3.05) is 18.7 Å². The first-order valence-corrected chi connectivity index (χ1v) is 7.61. The lowest BCUT2D eigenvalue weighted by molar-refractivity contribution is -0.153. The van der Waals surface area contributed by atoms with Crippen LogP contribution in [0.2, 0.25) is 0 Å². The molecule has 1 saturated heterocycles. The van der Waals surface area contributed by atoms with Crippen LogP contribution in [0.15, 0.2) is 0 Å². The Bertz CT molecular complexity index is 419. The number of carbonyl (C=O) groups excluding carboxylic acids is 2. The number of likely N-dealkylation sites (N-methyl/N-ethyl adjacent to an activating group) is 1. The highest BCUT2D eigenvalue weighted by molar-refractivity contribution is 7.99. The summed E-state index contributed by atoms with van der Waals surface area (Å²) in [5, 5.41) is 8.97. The van der Waals surface area contributed by atoms with Crippen molar-refractivity contribution in [3.05, 3.63) is 0 Å². The van der Waals surface area contributed by atoms with E-state index >= 15 is 0 Å². The van der Waals surface area contributed by atoms with E-state index in [4.69, 9.17) is 5.11 Å². The van der Waals surface area contributed by atoms with E-state index in [0.717, 1.165) is 0 Å². The Morgan fingerprint density at radius 2 is 1.90 bits per heavy atom. The number of carboxylic acids is 1. The Hall–Kier alpha value is -1.24. The molecule has 0 radical (unpaired) electrons. The van der Waals surface area contributed by atoms with E-state index in [1.807, 2.05) is 20.8 Å². The minimum absolute atomic E-state index is 0.0859. The van der Waals surface area contributed by atoms with Crippen LogP contribution in [0.4, 0.5) is 0 Å². The number of hydrogen-bond acceptors (Lipinski definition) is 4. The summed E-state index contributed by atoms with van der Waals surface area (Å²) in [7, 11) is 1.46. The van der Waals surface area contributed by atoms with Gasteiger partial charge in [0.2, 0.25) is 11.8 Å². The van der Waals surface area contributed by atoms with Crippen molar-refractivity contribution in [3.8, 4) is 0 Å². The second kappa shape index (κ2) is 6.03. The Balaban J connectivity index is 2.87. The summed E-state index contributed by atoms with van der Waals surface area (Å²) in [6.07, 6.45) is 0. The van der Waals surface area contributed by atoms with Gasteiger partial charge in [-0.3, -0.25) is 9.59 Å². The van der Waals surface area contributed by atoms with Crippen molar-refractivity contribution in [2.45, 2.75) is 39.8 Å². The zero-order chi connectivity index (χ0) is 15.7. The fourth-order valence-electron chi connectivity index (χ4n) is 1.87. The van der Waals surface area contributed by atoms with E-state index < -0.39 is 23.5 Å². The molecule has 1 rings (SSSR count). The van der Waals surface area contributed by atoms with Crippen LogP contribution in [0.5, 0.6) is 0 Å². The van der Waals surface area contributed by atoms with Crippen molar-refractivity contribution in [3.63, 3.8) is 0 Å². The molecule has 0 aliphatic carbocycles. The Morgan fingerprint density at radius 3 is 2.35 bits per heavy atom. The van der Waals surface area contributed by atoms with E-state index in [1.165, 1.54) is 30.6 Å². The summed E-state index contributed by atoms with van der Waals surface area (Å²) in [6, 6.07) is -1.47.